The van der Waals surface area contributed by atoms with Crippen LogP contribution in [0, 0.1) is 0 Å². The van der Waals surface area contributed by atoms with Gasteiger partial charge in [-0.25, -0.2) is 0 Å². The number of rotatable bonds is 4. The highest BCUT2D eigenvalue weighted by Gasteiger charge is 2.43. The Hall–Kier alpha value is -10.3. The smallest absolute Gasteiger partial charge is 0.329 e. The molecule has 0 saturated heterocycles. The molecule has 18 rings (SSSR count). The van der Waals surface area contributed by atoms with E-state index in [2.05, 4.69) is 199 Å². The standard InChI is InChI=1S/C72H40BNO4/c1-5-13-65-49(9-1)57-37-45(21-29-69(57)75-65)41-17-25-61-53(33-41)55-35-43(47-23-31-71-59(39-47)51-11-3-7-15-67(51)77-71)19-27-63(55)74-64-28-20-44(48-24-32-72-60(40-48)52-12-4-8-16-68(52)78-72)36-56(64)54-34-42(18-26-62(54)73(61)74)46-22-30-70-58(38-46)50-10-2-6-14-66(50)76-70/h1-40H. The highest BCUT2D eigenvalue weighted by molar-refractivity contribution is 6.92. The summed E-state index contributed by atoms with van der Waals surface area (Å²) in [5, 5.41) is 8.93. The van der Waals surface area contributed by atoms with Crippen molar-refractivity contribution in [3.63, 3.8) is 0 Å². The molecule has 0 amide bonds. The molecule has 6 heteroatoms. The van der Waals surface area contributed by atoms with Crippen LogP contribution >= 0.6 is 0 Å². The number of anilines is 2. The van der Waals surface area contributed by atoms with Crippen molar-refractivity contribution in [2.45, 2.75) is 0 Å². The maximum Gasteiger partial charge on any atom is 0.329 e. The molecule has 0 saturated carbocycles. The van der Waals surface area contributed by atoms with Crippen LogP contribution < -0.4 is 15.7 Å². The SMILES string of the molecule is c1ccc2c(c1)oc1ccc(-c3ccc4c(c3)-c3cc(-c5ccc6oc7ccccc7c6c5)ccc3N3B4c4ccc(-c5ccc6oc7ccccc7c6c5)cc4-c4cc(-c5ccc6oc7ccccc7c6c5)ccc43)cc12. The largest absolute Gasteiger partial charge is 0.456 e. The zero-order valence-corrected chi connectivity index (χ0v) is 41.8. The minimum atomic E-state index is -0.127. The van der Waals surface area contributed by atoms with Gasteiger partial charge in [0.15, 0.2) is 0 Å². The molecule has 0 fully saturated rings. The minimum Gasteiger partial charge on any atom is -0.456 e. The fourth-order valence-electron chi connectivity index (χ4n) is 13.2. The molecule has 0 N–H and O–H groups in total. The van der Waals surface area contributed by atoms with Crippen LogP contribution in [0.4, 0.5) is 11.4 Å². The summed E-state index contributed by atoms with van der Waals surface area (Å²) in [6, 6.07) is 88.1. The summed E-state index contributed by atoms with van der Waals surface area (Å²) in [6.45, 7) is -0.127. The molecule has 5 nitrogen and oxygen atoms in total. The molecule has 0 atom stereocenters. The van der Waals surface area contributed by atoms with Crippen molar-refractivity contribution in [1.82, 2.24) is 0 Å². The lowest BCUT2D eigenvalue weighted by molar-refractivity contribution is 0.668. The van der Waals surface area contributed by atoms with E-state index in [1.54, 1.807) is 0 Å². The Kier molecular flexibility index (Phi) is 8.42. The third kappa shape index (κ3) is 6.02. The highest BCUT2D eigenvalue weighted by Crippen LogP contribution is 2.50. The van der Waals surface area contributed by atoms with Crippen molar-refractivity contribution in [3.8, 4) is 66.8 Å². The van der Waals surface area contributed by atoms with Gasteiger partial charge >= 0.3 is 6.85 Å². The first kappa shape index (κ1) is 42.0. The second-order valence-corrected chi connectivity index (χ2v) is 21.1. The van der Waals surface area contributed by atoms with Crippen molar-refractivity contribution >= 4 is 117 Å². The van der Waals surface area contributed by atoms with Crippen molar-refractivity contribution in [3.05, 3.63) is 243 Å². The lowest BCUT2D eigenvalue weighted by atomic mass is 9.43. The lowest BCUT2D eigenvalue weighted by Crippen LogP contribution is -2.59. The molecule has 16 aromatic rings. The lowest BCUT2D eigenvalue weighted by Gasteiger charge is -2.44. The fourth-order valence-corrected chi connectivity index (χ4v) is 13.2. The van der Waals surface area contributed by atoms with Crippen molar-refractivity contribution < 1.29 is 17.7 Å². The van der Waals surface area contributed by atoms with Gasteiger partial charge in [0.25, 0.3) is 0 Å². The number of furan rings is 4. The number of nitrogens with zero attached hydrogens (tertiary/aromatic N) is 1. The van der Waals surface area contributed by atoms with E-state index in [1.165, 1.54) is 33.2 Å². The van der Waals surface area contributed by atoms with Crippen LogP contribution in [0.3, 0.4) is 0 Å². The first-order valence-electron chi connectivity index (χ1n) is 26.6. The molecule has 2 aliphatic heterocycles. The van der Waals surface area contributed by atoms with Gasteiger partial charge in [0, 0.05) is 65.6 Å². The number of hydrogen-bond acceptors (Lipinski definition) is 5. The molecule has 6 heterocycles. The van der Waals surface area contributed by atoms with Gasteiger partial charge in [-0.2, -0.15) is 0 Å². The molecule has 360 valence electrons. The van der Waals surface area contributed by atoms with E-state index in [-0.39, 0.29) is 6.85 Å². The fraction of sp³-hybridized carbons (Fsp3) is 0. The molecule has 4 aromatic heterocycles. The summed E-state index contributed by atoms with van der Waals surface area (Å²) in [5.74, 6) is 0. The third-order valence-electron chi connectivity index (χ3n) is 16.9. The predicted molar refractivity (Wildman–Crippen MR) is 322 cm³/mol. The van der Waals surface area contributed by atoms with Gasteiger partial charge in [0.05, 0.1) is 0 Å². The summed E-state index contributed by atoms with van der Waals surface area (Å²) in [4.78, 5) is 2.61. The Labute approximate surface area is 446 Å². The molecule has 78 heavy (non-hydrogen) atoms. The minimum absolute atomic E-state index is 0.127. The van der Waals surface area contributed by atoms with E-state index in [0.717, 1.165) is 144 Å². The molecule has 2 aliphatic rings. The molecule has 0 radical (unpaired) electrons. The Morgan fingerprint density at radius 2 is 0.474 bits per heavy atom. The topological polar surface area (TPSA) is 55.8 Å². The van der Waals surface area contributed by atoms with Gasteiger partial charge in [-0.3, -0.25) is 0 Å². The van der Waals surface area contributed by atoms with Crippen LogP contribution in [-0.2, 0) is 0 Å². The molecule has 0 unspecified atom stereocenters. The zero-order valence-electron chi connectivity index (χ0n) is 41.8. The zero-order chi connectivity index (χ0) is 50.7. The molecule has 12 aromatic carbocycles. The second kappa shape index (κ2) is 15.6. The molecule has 0 aliphatic carbocycles. The Bertz CT molecular complexity index is 4610. The van der Waals surface area contributed by atoms with E-state index in [9.17, 15) is 0 Å². The van der Waals surface area contributed by atoms with Crippen molar-refractivity contribution in [2.24, 2.45) is 0 Å². The van der Waals surface area contributed by atoms with Gasteiger partial charge < -0.3 is 22.5 Å². The second-order valence-electron chi connectivity index (χ2n) is 21.1. The summed E-state index contributed by atoms with van der Waals surface area (Å²) >= 11 is 0. The van der Waals surface area contributed by atoms with Crippen LogP contribution in [0.25, 0.3) is 155 Å². The van der Waals surface area contributed by atoms with Gasteiger partial charge in [-0.1, -0.05) is 133 Å². The van der Waals surface area contributed by atoms with Gasteiger partial charge in [0.1, 0.15) is 44.7 Å². The van der Waals surface area contributed by atoms with Gasteiger partial charge in [-0.05, 0) is 176 Å². The van der Waals surface area contributed by atoms with E-state index in [4.69, 9.17) is 17.7 Å². The maximum atomic E-state index is 6.31. The quantitative estimate of drug-likeness (QED) is 0.164. The first-order chi connectivity index (χ1) is 38.6. The van der Waals surface area contributed by atoms with Gasteiger partial charge in [-0.15, -0.1) is 0 Å². The number of fused-ring (bicyclic) bond motifs is 23. The van der Waals surface area contributed by atoms with Crippen LogP contribution in [-0.4, -0.2) is 6.85 Å². The summed E-state index contributed by atoms with van der Waals surface area (Å²) < 4.78 is 25.2. The molecular weight excluding hydrogens is 954 g/mol. The van der Waals surface area contributed by atoms with Crippen LogP contribution in [0.2, 0.25) is 0 Å². The highest BCUT2D eigenvalue weighted by atomic mass is 16.3. The monoisotopic (exact) mass is 993 g/mol. The number of para-hydroxylation sites is 4. The van der Waals surface area contributed by atoms with Crippen molar-refractivity contribution in [2.75, 3.05) is 4.81 Å². The predicted octanol–water partition coefficient (Wildman–Crippen LogP) is 18.9. The van der Waals surface area contributed by atoms with Crippen LogP contribution in [0.15, 0.2) is 260 Å². The maximum absolute atomic E-state index is 6.31. The molecule has 0 bridgehead atoms. The van der Waals surface area contributed by atoms with E-state index >= 15 is 0 Å². The average molecular weight is 994 g/mol. The average Bonchev–Trinajstić information content (AvgIpc) is 4.37. The van der Waals surface area contributed by atoms with E-state index in [1.807, 2.05) is 48.5 Å². The summed E-state index contributed by atoms with van der Waals surface area (Å²) in [7, 11) is 0. The normalized spacial score (nSPS) is 12.8. The first-order valence-corrected chi connectivity index (χ1v) is 26.6. The van der Waals surface area contributed by atoms with Crippen LogP contribution in [0.5, 0.6) is 0 Å². The van der Waals surface area contributed by atoms with E-state index in [0.29, 0.717) is 0 Å². The van der Waals surface area contributed by atoms with Crippen molar-refractivity contribution in [1.29, 1.82) is 0 Å². The summed E-state index contributed by atoms with van der Waals surface area (Å²) in [6.07, 6.45) is 0. The van der Waals surface area contributed by atoms with E-state index < -0.39 is 0 Å². The summed E-state index contributed by atoms with van der Waals surface area (Å²) in [5.41, 5.74) is 25.9. The Morgan fingerprint density at radius 1 is 0.218 bits per heavy atom. The third-order valence-corrected chi connectivity index (χ3v) is 16.9. The number of hydrogen-bond donors (Lipinski definition) is 0. The Balaban J connectivity index is 0.863. The molecule has 0 spiro atoms. The van der Waals surface area contributed by atoms with Crippen LogP contribution in [0.1, 0.15) is 0 Å². The Morgan fingerprint density at radius 3 is 0.808 bits per heavy atom. The number of benzene rings is 12. The van der Waals surface area contributed by atoms with Gasteiger partial charge in [0.2, 0.25) is 0 Å². The molecular formula is C72H40BNO4.